The fourth-order valence-corrected chi connectivity index (χ4v) is 1.23. The van der Waals surface area contributed by atoms with Crippen LogP contribution in [-0.4, -0.2) is 16.0 Å². The van der Waals surface area contributed by atoms with Gasteiger partial charge in [-0.05, 0) is 11.6 Å². The molecule has 0 amide bonds. The van der Waals surface area contributed by atoms with Gasteiger partial charge in [0.25, 0.3) is 5.69 Å². The number of nitro groups is 1. The maximum Gasteiger partial charge on any atom is 0.416 e. The summed E-state index contributed by atoms with van der Waals surface area (Å²) in [6.07, 6.45) is -4.97. The first-order valence-electron chi connectivity index (χ1n) is 4.36. The Labute approximate surface area is 101 Å². The molecule has 19 heavy (non-hydrogen) atoms. The first-order chi connectivity index (χ1) is 8.68. The molecule has 0 saturated heterocycles. The molecule has 1 aromatic rings. The van der Waals surface area contributed by atoms with E-state index in [-0.39, 0.29) is 12.1 Å². The van der Waals surface area contributed by atoms with Crippen LogP contribution < -0.4 is 0 Å². The topological polar surface area (TPSA) is 129 Å². The standard InChI is InChI=1S/C8H3F3N4O4/c9-8(10,11)3-1-4(7(16)17)6(13-14-12)5(2-3)15(18)19/h1-2H,(H,16,17). The van der Waals surface area contributed by atoms with E-state index < -0.39 is 39.6 Å². The Morgan fingerprint density at radius 1 is 1.47 bits per heavy atom. The summed E-state index contributed by atoms with van der Waals surface area (Å²) in [5.41, 5.74) is 3.35. The van der Waals surface area contributed by atoms with Crippen molar-refractivity contribution in [3.05, 3.63) is 43.8 Å². The maximum absolute atomic E-state index is 12.5. The van der Waals surface area contributed by atoms with Gasteiger partial charge in [0, 0.05) is 11.0 Å². The van der Waals surface area contributed by atoms with Crippen LogP contribution in [0.1, 0.15) is 15.9 Å². The SMILES string of the molecule is [N-]=[N+]=Nc1c(C(=O)O)cc(C(F)(F)F)cc1[N+](=O)[O-]. The highest BCUT2D eigenvalue weighted by atomic mass is 19.4. The summed E-state index contributed by atoms with van der Waals surface area (Å²) in [4.78, 5) is 22.3. The number of hydrogen-bond acceptors (Lipinski definition) is 4. The number of azide groups is 1. The predicted molar refractivity (Wildman–Crippen MR) is 53.9 cm³/mol. The van der Waals surface area contributed by atoms with Crippen molar-refractivity contribution in [2.75, 3.05) is 0 Å². The van der Waals surface area contributed by atoms with Crippen LogP contribution in [0.25, 0.3) is 10.4 Å². The van der Waals surface area contributed by atoms with E-state index >= 15 is 0 Å². The van der Waals surface area contributed by atoms with Crippen molar-refractivity contribution in [3.8, 4) is 0 Å². The van der Waals surface area contributed by atoms with Crippen molar-refractivity contribution in [1.82, 2.24) is 0 Å². The number of hydrogen-bond donors (Lipinski definition) is 1. The van der Waals surface area contributed by atoms with Crippen LogP contribution in [0.15, 0.2) is 17.2 Å². The molecule has 0 atom stereocenters. The third kappa shape index (κ3) is 2.90. The fraction of sp³-hybridized carbons (Fsp3) is 0.125. The molecular formula is C8H3F3N4O4. The fourth-order valence-electron chi connectivity index (χ4n) is 1.23. The average Bonchev–Trinajstić information content (AvgIpc) is 2.27. The van der Waals surface area contributed by atoms with Crippen LogP contribution in [0.5, 0.6) is 0 Å². The quantitative estimate of drug-likeness (QED) is 0.298. The molecule has 1 aromatic carbocycles. The minimum atomic E-state index is -4.97. The lowest BCUT2D eigenvalue weighted by Gasteiger charge is -2.09. The second-order valence-corrected chi connectivity index (χ2v) is 3.14. The van der Waals surface area contributed by atoms with Crippen molar-refractivity contribution < 1.29 is 28.0 Å². The number of halogens is 3. The van der Waals surface area contributed by atoms with Gasteiger partial charge in [0.2, 0.25) is 0 Å². The minimum Gasteiger partial charge on any atom is -0.478 e. The molecule has 1 N–H and O–H groups in total. The first-order valence-corrected chi connectivity index (χ1v) is 4.36. The van der Waals surface area contributed by atoms with Gasteiger partial charge in [-0.1, -0.05) is 5.11 Å². The first kappa shape index (κ1) is 14.3. The van der Waals surface area contributed by atoms with E-state index in [9.17, 15) is 28.1 Å². The summed E-state index contributed by atoms with van der Waals surface area (Å²) in [7, 11) is 0. The molecule has 100 valence electrons. The average molecular weight is 276 g/mol. The van der Waals surface area contributed by atoms with Crippen LogP contribution in [0.4, 0.5) is 24.5 Å². The second kappa shape index (κ2) is 4.82. The van der Waals surface area contributed by atoms with Gasteiger partial charge in [-0.3, -0.25) is 10.1 Å². The molecule has 8 nitrogen and oxygen atoms in total. The second-order valence-electron chi connectivity index (χ2n) is 3.14. The van der Waals surface area contributed by atoms with E-state index in [1.165, 1.54) is 0 Å². The van der Waals surface area contributed by atoms with Gasteiger partial charge in [-0.15, -0.1) is 0 Å². The number of nitrogens with zero attached hydrogens (tertiary/aromatic N) is 4. The third-order valence-electron chi connectivity index (χ3n) is 1.99. The molecule has 0 bridgehead atoms. The van der Waals surface area contributed by atoms with Crippen molar-refractivity contribution in [2.45, 2.75) is 6.18 Å². The number of carboxylic acid groups (broad SMARTS) is 1. The third-order valence-corrected chi connectivity index (χ3v) is 1.99. The molecule has 0 aliphatic heterocycles. The van der Waals surface area contributed by atoms with Crippen molar-refractivity contribution in [2.24, 2.45) is 5.11 Å². The summed E-state index contributed by atoms with van der Waals surface area (Å²) < 4.78 is 37.4. The zero-order chi connectivity index (χ0) is 14.8. The lowest BCUT2D eigenvalue weighted by Crippen LogP contribution is -2.09. The van der Waals surface area contributed by atoms with E-state index in [0.29, 0.717) is 0 Å². The molecule has 1 rings (SSSR count). The van der Waals surface area contributed by atoms with Crippen molar-refractivity contribution in [1.29, 1.82) is 0 Å². The molecule has 0 aliphatic rings. The summed E-state index contributed by atoms with van der Waals surface area (Å²) in [6, 6.07) is 0.274. The summed E-state index contributed by atoms with van der Waals surface area (Å²) >= 11 is 0. The van der Waals surface area contributed by atoms with Crippen LogP contribution >= 0.6 is 0 Å². The van der Waals surface area contributed by atoms with Gasteiger partial charge in [-0.2, -0.15) is 13.2 Å². The van der Waals surface area contributed by atoms with E-state index in [1.54, 1.807) is 0 Å². The van der Waals surface area contributed by atoms with E-state index in [2.05, 4.69) is 10.0 Å². The van der Waals surface area contributed by atoms with Crippen molar-refractivity contribution in [3.63, 3.8) is 0 Å². The summed E-state index contributed by atoms with van der Waals surface area (Å²) in [6.45, 7) is 0. The van der Waals surface area contributed by atoms with E-state index in [4.69, 9.17) is 10.6 Å². The molecule has 0 fully saturated rings. The Bertz CT molecular complexity index is 571. The number of rotatable bonds is 3. The highest BCUT2D eigenvalue weighted by Crippen LogP contribution is 2.39. The molecule has 0 heterocycles. The van der Waals surface area contributed by atoms with Gasteiger partial charge in [-0.25, -0.2) is 4.79 Å². The largest absolute Gasteiger partial charge is 0.478 e. The van der Waals surface area contributed by atoms with E-state index in [0.717, 1.165) is 0 Å². The molecule has 11 heteroatoms. The van der Waals surface area contributed by atoms with E-state index in [1.807, 2.05) is 0 Å². The molecule has 0 aliphatic carbocycles. The van der Waals surface area contributed by atoms with Crippen LogP contribution in [0.3, 0.4) is 0 Å². The molecule has 0 aromatic heterocycles. The molecule has 0 radical (unpaired) electrons. The lowest BCUT2D eigenvalue weighted by atomic mass is 10.1. The number of alkyl halides is 3. The van der Waals surface area contributed by atoms with Gasteiger partial charge in [0.15, 0.2) is 0 Å². The Morgan fingerprint density at radius 2 is 2.05 bits per heavy atom. The normalized spacial score (nSPS) is 10.7. The molecular weight excluding hydrogens is 273 g/mol. The van der Waals surface area contributed by atoms with Crippen LogP contribution in [0, 0.1) is 10.1 Å². The highest BCUT2D eigenvalue weighted by molar-refractivity contribution is 5.96. The van der Waals surface area contributed by atoms with Crippen molar-refractivity contribution >= 4 is 17.3 Å². The van der Waals surface area contributed by atoms with Crippen LogP contribution in [0.2, 0.25) is 0 Å². The number of nitro benzene ring substituents is 1. The minimum absolute atomic E-state index is 0.108. The van der Waals surface area contributed by atoms with Gasteiger partial charge in [0.1, 0.15) is 5.69 Å². The zero-order valence-electron chi connectivity index (χ0n) is 8.75. The van der Waals surface area contributed by atoms with Gasteiger partial charge >= 0.3 is 12.1 Å². The molecule has 0 unspecified atom stereocenters. The van der Waals surface area contributed by atoms with Gasteiger partial charge < -0.3 is 5.11 Å². The molecule has 0 saturated carbocycles. The zero-order valence-corrected chi connectivity index (χ0v) is 8.75. The Kier molecular flexibility index (Phi) is 3.62. The maximum atomic E-state index is 12.5. The number of benzene rings is 1. The Balaban J connectivity index is 3.77. The van der Waals surface area contributed by atoms with Crippen LogP contribution in [-0.2, 0) is 6.18 Å². The number of aromatic carboxylic acids is 1. The Morgan fingerprint density at radius 3 is 2.42 bits per heavy atom. The highest BCUT2D eigenvalue weighted by Gasteiger charge is 2.35. The monoisotopic (exact) mass is 276 g/mol. The smallest absolute Gasteiger partial charge is 0.416 e. The number of carboxylic acids is 1. The predicted octanol–water partition coefficient (Wildman–Crippen LogP) is 3.25. The summed E-state index contributed by atoms with van der Waals surface area (Å²) in [5, 5.41) is 22.1. The number of carbonyl (C=O) groups is 1. The summed E-state index contributed by atoms with van der Waals surface area (Å²) in [5.74, 6) is -1.88. The lowest BCUT2D eigenvalue weighted by molar-refractivity contribution is -0.384. The Hall–Kier alpha value is -2.81. The molecule has 0 spiro atoms. The van der Waals surface area contributed by atoms with Gasteiger partial charge in [0.05, 0.1) is 16.1 Å².